The summed E-state index contributed by atoms with van der Waals surface area (Å²) in [6, 6.07) is 0.684. The van der Waals surface area contributed by atoms with Crippen molar-refractivity contribution < 1.29 is 15.0 Å². The Morgan fingerprint density at radius 1 is 1.50 bits per heavy atom. The van der Waals surface area contributed by atoms with Gasteiger partial charge in [-0.25, -0.2) is 0 Å². The Kier molecular flexibility index (Phi) is 5.38. The molecule has 7 nitrogen and oxygen atoms in total. The van der Waals surface area contributed by atoms with E-state index in [1.54, 1.807) is 0 Å². The van der Waals surface area contributed by atoms with Crippen molar-refractivity contribution in [3.63, 3.8) is 0 Å². The predicted octanol–water partition coefficient (Wildman–Crippen LogP) is 0.431. The minimum Gasteiger partial charge on any atom is -0.481 e. The molecule has 2 N–H and O–H groups in total. The highest BCUT2D eigenvalue weighted by Crippen LogP contribution is 2.26. The topological polar surface area (TPSA) is 91.5 Å². The maximum Gasteiger partial charge on any atom is 0.313 e. The van der Waals surface area contributed by atoms with Gasteiger partial charge in [0.05, 0.1) is 5.75 Å². The van der Waals surface area contributed by atoms with Crippen molar-refractivity contribution in [1.82, 2.24) is 19.7 Å². The number of aliphatic hydroxyl groups is 1. The van der Waals surface area contributed by atoms with Gasteiger partial charge in [0.25, 0.3) is 0 Å². The minimum atomic E-state index is -0.886. The summed E-state index contributed by atoms with van der Waals surface area (Å²) in [7, 11) is 0. The molecule has 0 unspecified atom stereocenters. The van der Waals surface area contributed by atoms with E-state index >= 15 is 0 Å². The summed E-state index contributed by atoms with van der Waals surface area (Å²) in [5, 5.41) is 26.4. The van der Waals surface area contributed by atoms with Crippen LogP contribution < -0.4 is 0 Å². The number of nitrogens with zero attached hydrogens (tertiary/aromatic N) is 4. The van der Waals surface area contributed by atoms with Crippen molar-refractivity contribution in [3.05, 3.63) is 5.82 Å². The summed E-state index contributed by atoms with van der Waals surface area (Å²) in [6.45, 7) is 4.49. The molecule has 112 valence electrons. The van der Waals surface area contributed by atoms with Crippen molar-refractivity contribution in [3.8, 4) is 0 Å². The molecule has 1 aliphatic rings. The maximum absolute atomic E-state index is 10.6. The van der Waals surface area contributed by atoms with E-state index < -0.39 is 5.97 Å². The third-order valence-corrected chi connectivity index (χ3v) is 4.29. The van der Waals surface area contributed by atoms with E-state index in [9.17, 15) is 9.90 Å². The van der Waals surface area contributed by atoms with Crippen molar-refractivity contribution in [2.75, 3.05) is 18.8 Å². The fraction of sp³-hybridized carbons (Fsp3) is 0.750. The number of carboxylic acids is 1. The number of thioether (sulfide) groups is 1. The van der Waals surface area contributed by atoms with Gasteiger partial charge in [-0.1, -0.05) is 18.7 Å². The maximum atomic E-state index is 10.6. The monoisotopic (exact) mass is 300 g/mol. The Balaban J connectivity index is 1.99. The van der Waals surface area contributed by atoms with Crippen molar-refractivity contribution in [2.45, 2.75) is 44.1 Å². The molecule has 0 aliphatic heterocycles. The van der Waals surface area contributed by atoms with E-state index in [0.717, 1.165) is 24.9 Å². The van der Waals surface area contributed by atoms with Gasteiger partial charge in [0.15, 0.2) is 11.0 Å². The standard InChI is InChI=1S/C12H20N4O3S/c1-2-15(9-3-4-9)5-6-16-10(7-17)13-14-12(16)20-8-11(18)19/h9,17H,2-8H2,1H3,(H,18,19). The van der Waals surface area contributed by atoms with E-state index in [0.29, 0.717) is 23.6 Å². The van der Waals surface area contributed by atoms with Gasteiger partial charge in [-0.05, 0) is 19.4 Å². The summed E-state index contributed by atoms with van der Waals surface area (Å²) in [6.07, 6.45) is 2.51. The number of aromatic nitrogens is 3. The molecule has 0 atom stereocenters. The van der Waals surface area contributed by atoms with Crippen LogP contribution >= 0.6 is 11.8 Å². The zero-order valence-electron chi connectivity index (χ0n) is 11.5. The quantitative estimate of drug-likeness (QED) is 0.639. The van der Waals surface area contributed by atoms with E-state index in [-0.39, 0.29) is 12.4 Å². The smallest absolute Gasteiger partial charge is 0.313 e. The van der Waals surface area contributed by atoms with Crippen molar-refractivity contribution in [2.24, 2.45) is 0 Å². The predicted molar refractivity (Wildman–Crippen MR) is 74.6 cm³/mol. The van der Waals surface area contributed by atoms with Crippen LogP contribution in [0.3, 0.4) is 0 Å². The average molecular weight is 300 g/mol. The zero-order chi connectivity index (χ0) is 14.5. The Hall–Kier alpha value is -1.12. The number of aliphatic hydroxyl groups excluding tert-OH is 1. The number of carbonyl (C=O) groups is 1. The molecule has 0 radical (unpaired) electrons. The van der Waals surface area contributed by atoms with Crippen molar-refractivity contribution >= 4 is 17.7 Å². The first kappa shape index (κ1) is 15.3. The largest absolute Gasteiger partial charge is 0.481 e. The van der Waals surface area contributed by atoms with Crippen LogP contribution in [0.25, 0.3) is 0 Å². The summed E-state index contributed by atoms with van der Waals surface area (Å²) in [5.74, 6) is -0.447. The molecule has 0 saturated heterocycles. The van der Waals surface area contributed by atoms with Gasteiger partial charge >= 0.3 is 5.97 Å². The molecule has 1 aliphatic carbocycles. The normalized spacial score (nSPS) is 14.9. The molecule has 2 rings (SSSR count). The second kappa shape index (κ2) is 7.05. The van der Waals surface area contributed by atoms with Gasteiger partial charge in [0, 0.05) is 19.1 Å². The van der Waals surface area contributed by atoms with Crippen LogP contribution in [-0.4, -0.2) is 60.7 Å². The highest BCUT2D eigenvalue weighted by molar-refractivity contribution is 7.99. The van der Waals surface area contributed by atoms with E-state index in [1.165, 1.54) is 12.8 Å². The Bertz CT molecular complexity index is 462. The minimum absolute atomic E-state index is 0.0519. The number of aliphatic carboxylic acids is 1. The molecule has 1 aromatic heterocycles. The molecule has 8 heteroatoms. The first-order valence-corrected chi connectivity index (χ1v) is 7.75. The van der Waals surface area contributed by atoms with Gasteiger partial charge < -0.3 is 14.8 Å². The molecule has 1 saturated carbocycles. The van der Waals surface area contributed by atoms with Gasteiger partial charge in [0.1, 0.15) is 6.61 Å². The number of hydrogen-bond donors (Lipinski definition) is 2. The molecule has 0 bridgehead atoms. The van der Waals surface area contributed by atoms with Crippen LogP contribution in [0, 0.1) is 0 Å². The summed E-state index contributed by atoms with van der Waals surface area (Å²) in [4.78, 5) is 13.0. The molecule has 1 aromatic rings. The third-order valence-electron chi connectivity index (χ3n) is 3.34. The SMILES string of the molecule is CCN(CCn1c(CO)nnc1SCC(=O)O)C1CC1. The lowest BCUT2D eigenvalue weighted by Crippen LogP contribution is -2.30. The number of likely N-dealkylation sites (N-methyl/N-ethyl adjacent to an activating group) is 1. The molecule has 0 aromatic carbocycles. The molecule has 0 amide bonds. The van der Waals surface area contributed by atoms with E-state index in [2.05, 4.69) is 22.0 Å². The summed E-state index contributed by atoms with van der Waals surface area (Å²) < 4.78 is 1.82. The number of carboxylic acid groups (broad SMARTS) is 1. The van der Waals surface area contributed by atoms with E-state index in [4.69, 9.17) is 5.11 Å². The van der Waals surface area contributed by atoms with Crippen LogP contribution in [0.5, 0.6) is 0 Å². The lowest BCUT2D eigenvalue weighted by Gasteiger charge is -2.20. The highest BCUT2D eigenvalue weighted by Gasteiger charge is 2.27. The first-order valence-electron chi connectivity index (χ1n) is 6.77. The fourth-order valence-electron chi connectivity index (χ4n) is 2.16. The molecule has 1 fully saturated rings. The molecular formula is C12H20N4O3S. The van der Waals surface area contributed by atoms with Gasteiger partial charge in [-0.3, -0.25) is 9.69 Å². The lowest BCUT2D eigenvalue weighted by atomic mass is 10.4. The van der Waals surface area contributed by atoms with Gasteiger partial charge in [-0.2, -0.15) is 0 Å². The van der Waals surface area contributed by atoms with Crippen LogP contribution in [0.1, 0.15) is 25.6 Å². The average Bonchev–Trinajstić information content (AvgIpc) is 3.18. The van der Waals surface area contributed by atoms with E-state index in [1.807, 2.05) is 4.57 Å². The van der Waals surface area contributed by atoms with Crippen LogP contribution in [0.15, 0.2) is 5.16 Å². The van der Waals surface area contributed by atoms with Crippen LogP contribution in [0.4, 0.5) is 0 Å². The summed E-state index contributed by atoms with van der Waals surface area (Å²) >= 11 is 1.13. The fourth-order valence-corrected chi connectivity index (χ4v) is 2.86. The third kappa shape index (κ3) is 3.94. The lowest BCUT2D eigenvalue weighted by molar-refractivity contribution is -0.133. The molecule has 0 spiro atoms. The van der Waals surface area contributed by atoms with Gasteiger partial charge in [0.2, 0.25) is 0 Å². The van der Waals surface area contributed by atoms with Crippen LogP contribution in [0.2, 0.25) is 0 Å². The second-order valence-electron chi connectivity index (χ2n) is 4.75. The number of rotatable bonds is 9. The molecule has 20 heavy (non-hydrogen) atoms. The Morgan fingerprint density at radius 2 is 2.25 bits per heavy atom. The highest BCUT2D eigenvalue weighted by atomic mass is 32.2. The number of hydrogen-bond acceptors (Lipinski definition) is 6. The summed E-state index contributed by atoms with van der Waals surface area (Å²) in [5.41, 5.74) is 0. The Morgan fingerprint density at radius 3 is 2.80 bits per heavy atom. The zero-order valence-corrected chi connectivity index (χ0v) is 12.3. The van der Waals surface area contributed by atoms with Crippen LogP contribution in [-0.2, 0) is 17.9 Å². The Labute approximate surface area is 122 Å². The van der Waals surface area contributed by atoms with Gasteiger partial charge in [-0.15, -0.1) is 10.2 Å². The molecular weight excluding hydrogens is 280 g/mol. The molecule has 1 heterocycles. The first-order chi connectivity index (χ1) is 9.65. The second-order valence-corrected chi connectivity index (χ2v) is 5.69. The van der Waals surface area contributed by atoms with Crippen molar-refractivity contribution in [1.29, 1.82) is 0 Å².